The predicted octanol–water partition coefficient (Wildman–Crippen LogP) is 3.09. The number of benzene rings is 2. The largest absolute Gasteiger partial charge is 0.497 e. The summed E-state index contributed by atoms with van der Waals surface area (Å²) in [6.07, 6.45) is 1.73. The lowest BCUT2D eigenvalue weighted by molar-refractivity contribution is -0.121. The summed E-state index contributed by atoms with van der Waals surface area (Å²) in [4.78, 5) is 12.0. The van der Waals surface area contributed by atoms with E-state index in [-0.39, 0.29) is 18.9 Å². The molecule has 0 atom stereocenters. The summed E-state index contributed by atoms with van der Waals surface area (Å²) in [6.45, 7) is 0.875. The molecule has 1 amide bonds. The molecule has 7 nitrogen and oxygen atoms in total. The zero-order valence-electron chi connectivity index (χ0n) is 16.4. The molecule has 1 N–H and O–H groups in total. The Bertz CT molecular complexity index is 903. The Morgan fingerprint density at radius 3 is 2.52 bits per heavy atom. The van der Waals surface area contributed by atoms with E-state index >= 15 is 0 Å². The molecule has 0 aliphatic heterocycles. The van der Waals surface area contributed by atoms with E-state index in [9.17, 15) is 13.2 Å². The lowest BCUT2D eigenvalue weighted by atomic mass is 10.2. The Balaban J connectivity index is 1.76. The van der Waals surface area contributed by atoms with Crippen LogP contribution in [0.4, 0.5) is 5.69 Å². The second-order valence-electron chi connectivity index (χ2n) is 6.29. The summed E-state index contributed by atoms with van der Waals surface area (Å²) in [5, 5.41) is 3.38. The number of hydrogen-bond acceptors (Lipinski definition) is 5. The molecule has 2 rings (SSSR count). The van der Waals surface area contributed by atoms with Crippen LogP contribution in [-0.4, -0.2) is 47.4 Å². The van der Waals surface area contributed by atoms with Crippen LogP contribution < -0.4 is 19.1 Å². The van der Waals surface area contributed by atoms with E-state index < -0.39 is 10.0 Å². The highest BCUT2D eigenvalue weighted by molar-refractivity contribution is 7.92. The number of halogens is 1. The molecular weight excluding hydrogens is 416 g/mol. The highest BCUT2D eigenvalue weighted by Gasteiger charge is 2.18. The van der Waals surface area contributed by atoms with Crippen molar-refractivity contribution in [2.24, 2.45) is 0 Å². The summed E-state index contributed by atoms with van der Waals surface area (Å²) in [7, 11) is -1.96. The smallest absolute Gasteiger partial charge is 0.232 e. The van der Waals surface area contributed by atoms with E-state index in [4.69, 9.17) is 21.1 Å². The zero-order valence-corrected chi connectivity index (χ0v) is 18.0. The average Bonchev–Trinajstić information content (AvgIpc) is 2.69. The molecule has 0 unspecified atom stereocenters. The van der Waals surface area contributed by atoms with Gasteiger partial charge in [0.25, 0.3) is 0 Å². The number of methoxy groups -OCH3 is 1. The number of carbonyl (C=O) groups is 1. The van der Waals surface area contributed by atoms with Crippen molar-refractivity contribution >= 4 is 33.2 Å². The molecule has 2 aromatic rings. The quantitative estimate of drug-likeness (QED) is 0.543. The van der Waals surface area contributed by atoms with Crippen LogP contribution >= 0.6 is 11.6 Å². The van der Waals surface area contributed by atoms with Gasteiger partial charge in [-0.3, -0.25) is 9.10 Å². The third-order valence-corrected chi connectivity index (χ3v) is 5.46. The van der Waals surface area contributed by atoms with Crippen molar-refractivity contribution in [3.05, 3.63) is 53.6 Å². The van der Waals surface area contributed by atoms with Gasteiger partial charge in [-0.1, -0.05) is 17.7 Å². The number of carbonyl (C=O) groups excluding carboxylic acids is 1. The molecule has 0 bridgehead atoms. The van der Waals surface area contributed by atoms with E-state index in [0.29, 0.717) is 41.8 Å². The van der Waals surface area contributed by atoms with Crippen molar-refractivity contribution in [2.75, 3.05) is 37.4 Å². The van der Waals surface area contributed by atoms with Crippen molar-refractivity contribution in [3.8, 4) is 11.5 Å². The summed E-state index contributed by atoms with van der Waals surface area (Å²) >= 11 is 5.81. The lowest BCUT2D eigenvalue weighted by Crippen LogP contribution is -2.32. The second kappa shape index (κ2) is 10.9. The lowest BCUT2D eigenvalue weighted by Gasteiger charge is -2.22. The van der Waals surface area contributed by atoms with Gasteiger partial charge in [0.05, 0.1) is 25.6 Å². The van der Waals surface area contributed by atoms with Crippen molar-refractivity contribution in [3.63, 3.8) is 0 Å². The maximum absolute atomic E-state index is 12.1. The van der Waals surface area contributed by atoms with Gasteiger partial charge in [0.15, 0.2) is 0 Å². The van der Waals surface area contributed by atoms with E-state index in [1.54, 1.807) is 48.5 Å². The van der Waals surface area contributed by atoms with Gasteiger partial charge in [0.1, 0.15) is 18.1 Å². The van der Waals surface area contributed by atoms with Crippen LogP contribution in [0.25, 0.3) is 0 Å². The fourth-order valence-corrected chi connectivity index (χ4v) is 3.70. The fourth-order valence-electron chi connectivity index (χ4n) is 2.61. The minimum atomic E-state index is -3.48. The first-order chi connectivity index (χ1) is 13.8. The molecule has 0 fully saturated rings. The van der Waals surface area contributed by atoms with Crippen molar-refractivity contribution in [1.29, 1.82) is 0 Å². The molecule has 0 aliphatic rings. The number of nitrogens with one attached hydrogen (secondary N) is 1. The van der Waals surface area contributed by atoms with Crippen molar-refractivity contribution in [2.45, 2.75) is 12.8 Å². The fraction of sp³-hybridized carbons (Fsp3) is 0.350. The molecule has 158 valence electrons. The van der Waals surface area contributed by atoms with Crippen LogP contribution in [-0.2, 0) is 14.8 Å². The molecule has 0 radical (unpaired) electrons. The van der Waals surface area contributed by atoms with Gasteiger partial charge in [-0.15, -0.1) is 0 Å². The first-order valence-electron chi connectivity index (χ1n) is 9.06. The van der Waals surface area contributed by atoms with Gasteiger partial charge in [0, 0.05) is 24.1 Å². The average molecular weight is 441 g/mol. The molecule has 0 saturated carbocycles. The molecule has 9 heteroatoms. The Morgan fingerprint density at radius 2 is 1.86 bits per heavy atom. The SMILES string of the molecule is COc1cccc(N(CCCC(=O)NCCOc2ccc(Cl)cc2)S(C)(=O)=O)c1. The van der Waals surface area contributed by atoms with Crippen molar-refractivity contribution < 1.29 is 22.7 Å². The Kier molecular flexibility index (Phi) is 8.60. The van der Waals surface area contributed by atoms with E-state index in [1.165, 1.54) is 11.4 Å². The van der Waals surface area contributed by atoms with Gasteiger partial charge < -0.3 is 14.8 Å². The normalized spacial score (nSPS) is 11.0. The second-order valence-corrected chi connectivity index (χ2v) is 8.64. The Hall–Kier alpha value is -2.45. The van der Waals surface area contributed by atoms with Crippen LogP contribution in [0.3, 0.4) is 0 Å². The van der Waals surface area contributed by atoms with Crippen LogP contribution in [0.2, 0.25) is 5.02 Å². The third kappa shape index (κ3) is 7.83. The monoisotopic (exact) mass is 440 g/mol. The number of amides is 1. The molecule has 0 heterocycles. The van der Waals surface area contributed by atoms with Crippen LogP contribution in [0.1, 0.15) is 12.8 Å². The molecule has 29 heavy (non-hydrogen) atoms. The summed E-state index contributed by atoms with van der Waals surface area (Å²) in [6, 6.07) is 13.8. The zero-order chi connectivity index (χ0) is 21.3. The molecule has 0 aliphatic carbocycles. The minimum Gasteiger partial charge on any atom is -0.497 e. The third-order valence-electron chi connectivity index (χ3n) is 4.01. The molecule has 0 spiro atoms. The van der Waals surface area contributed by atoms with E-state index in [1.807, 2.05) is 0 Å². The van der Waals surface area contributed by atoms with E-state index in [2.05, 4.69) is 5.32 Å². The number of nitrogens with zero attached hydrogens (tertiary/aromatic N) is 1. The van der Waals surface area contributed by atoms with Crippen LogP contribution in [0.5, 0.6) is 11.5 Å². The van der Waals surface area contributed by atoms with Crippen LogP contribution in [0.15, 0.2) is 48.5 Å². The van der Waals surface area contributed by atoms with Gasteiger partial charge in [-0.2, -0.15) is 0 Å². The summed E-state index contributed by atoms with van der Waals surface area (Å²) in [5.41, 5.74) is 0.503. The minimum absolute atomic E-state index is 0.163. The molecule has 0 aromatic heterocycles. The van der Waals surface area contributed by atoms with Crippen molar-refractivity contribution in [1.82, 2.24) is 5.32 Å². The van der Waals surface area contributed by atoms with Gasteiger partial charge >= 0.3 is 0 Å². The highest BCUT2D eigenvalue weighted by Crippen LogP contribution is 2.23. The number of hydrogen-bond donors (Lipinski definition) is 1. The standard InChI is InChI=1S/C20H25ClN2O5S/c1-27-19-6-3-5-17(15-19)23(29(2,25)26)13-4-7-20(24)22-12-14-28-18-10-8-16(21)9-11-18/h3,5-6,8-11,15H,4,7,12-14H2,1-2H3,(H,22,24). The maximum atomic E-state index is 12.1. The summed E-state index contributed by atoms with van der Waals surface area (Å²) < 4.78 is 36.2. The number of anilines is 1. The predicted molar refractivity (Wildman–Crippen MR) is 114 cm³/mol. The van der Waals surface area contributed by atoms with Gasteiger partial charge in [-0.05, 0) is 42.8 Å². The first kappa shape index (κ1) is 22.8. The van der Waals surface area contributed by atoms with Crippen LogP contribution in [0, 0.1) is 0 Å². The van der Waals surface area contributed by atoms with E-state index in [0.717, 1.165) is 6.26 Å². The van der Waals surface area contributed by atoms with Gasteiger partial charge in [0.2, 0.25) is 15.9 Å². The Morgan fingerprint density at radius 1 is 1.14 bits per heavy atom. The Labute approximate surface area is 176 Å². The van der Waals surface area contributed by atoms with Gasteiger partial charge in [-0.25, -0.2) is 8.42 Å². The number of rotatable bonds is 11. The first-order valence-corrected chi connectivity index (χ1v) is 11.3. The summed E-state index contributed by atoms with van der Waals surface area (Å²) in [5.74, 6) is 1.07. The number of sulfonamides is 1. The topological polar surface area (TPSA) is 84.9 Å². The highest BCUT2D eigenvalue weighted by atomic mass is 35.5. The molecular formula is C20H25ClN2O5S. The molecule has 0 saturated heterocycles. The maximum Gasteiger partial charge on any atom is 0.232 e. The molecule has 2 aromatic carbocycles. The number of ether oxygens (including phenoxy) is 2.